The Morgan fingerprint density at radius 2 is 1.93 bits per heavy atom. The summed E-state index contributed by atoms with van der Waals surface area (Å²) in [7, 11) is 4.18. The molecule has 8 heteroatoms. The van der Waals surface area contributed by atoms with Gasteiger partial charge >= 0.3 is 0 Å². The number of nitrogens with zero attached hydrogens (tertiary/aromatic N) is 7. The van der Waals surface area contributed by atoms with Crippen LogP contribution < -0.4 is 10.2 Å². The van der Waals surface area contributed by atoms with Gasteiger partial charge in [-0.1, -0.05) is 0 Å². The molecule has 0 spiro atoms. The van der Waals surface area contributed by atoms with Gasteiger partial charge in [0.2, 0.25) is 5.95 Å². The quantitative estimate of drug-likeness (QED) is 0.801. The Balaban J connectivity index is 1.45. The molecule has 27 heavy (non-hydrogen) atoms. The third-order valence-electron chi connectivity index (χ3n) is 5.31. The molecule has 8 nitrogen and oxygen atoms in total. The zero-order valence-electron chi connectivity index (χ0n) is 16.6. The number of hydrogen-bond acceptors (Lipinski definition) is 7. The second-order valence-electron chi connectivity index (χ2n) is 7.85. The Morgan fingerprint density at radius 3 is 2.59 bits per heavy atom. The van der Waals surface area contributed by atoms with E-state index in [0.717, 1.165) is 56.6 Å². The summed E-state index contributed by atoms with van der Waals surface area (Å²) in [4.78, 5) is 13.6. The molecule has 4 rings (SSSR count). The molecule has 1 aliphatic heterocycles. The van der Waals surface area contributed by atoms with Crippen molar-refractivity contribution in [2.75, 3.05) is 43.9 Å². The van der Waals surface area contributed by atoms with Crippen LogP contribution in [0.5, 0.6) is 0 Å². The summed E-state index contributed by atoms with van der Waals surface area (Å²) in [6, 6.07) is 2.53. The van der Waals surface area contributed by atoms with Crippen LogP contribution in [0.25, 0.3) is 0 Å². The lowest BCUT2D eigenvalue weighted by atomic mass is 9.96. The summed E-state index contributed by atoms with van der Waals surface area (Å²) in [6.45, 7) is 5.72. The Hall–Kier alpha value is -2.22. The Kier molecular flexibility index (Phi) is 5.24. The molecule has 0 atom stereocenters. The van der Waals surface area contributed by atoms with Crippen LogP contribution in [0.1, 0.15) is 56.2 Å². The maximum atomic E-state index is 4.64. The molecule has 2 aromatic heterocycles. The molecule has 2 aliphatic rings. The van der Waals surface area contributed by atoms with Crippen molar-refractivity contribution >= 4 is 11.8 Å². The fraction of sp³-hybridized carbons (Fsp3) is 0.684. The molecule has 146 valence electrons. The van der Waals surface area contributed by atoms with E-state index in [1.165, 1.54) is 18.7 Å². The summed E-state index contributed by atoms with van der Waals surface area (Å²) in [5.74, 6) is 4.50. The minimum Gasteiger partial charge on any atom is -0.370 e. The van der Waals surface area contributed by atoms with E-state index in [4.69, 9.17) is 0 Å². The lowest BCUT2D eigenvalue weighted by Gasteiger charge is -2.32. The highest BCUT2D eigenvalue weighted by atomic mass is 15.3. The molecule has 3 heterocycles. The maximum absolute atomic E-state index is 4.64. The van der Waals surface area contributed by atoms with E-state index in [1.54, 1.807) is 0 Å². The molecule has 1 saturated carbocycles. The number of hydrogen-bond donors (Lipinski definition) is 1. The standard InChI is InChI=1S/C19H30N8/c1-4-20-16-7-10-21-19(22-16)26-11-8-14(9-12-26)18-24-23-17(13-25(2)3)27(18)15-5-6-15/h7,10,14-15H,4-6,8-9,11-13H2,1-3H3,(H,20,21,22). The molecule has 0 amide bonds. The number of nitrogens with one attached hydrogen (secondary N) is 1. The van der Waals surface area contributed by atoms with Crippen molar-refractivity contribution in [2.45, 2.75) is 51.1 Å². The van der Waals surface area contributed by atoms with E-state index in [2.05, 4.69) is 60.9 Å². The van der Waals surface area contributed by atoms with Crippen LogP contribution in [0, 0.1) is 0 Å². The molecule has 0 radical (unpaired) electrons. The van der Waals surface area contributed by atoms with E-state index < -0.39 is 0 Å². The van der Waals surface area contributed by atoms with Crippen molar-refractivity contribution in [1.82, 2.24) is 29.6 Å². The molecular weight excluding hydrogens is 340 g/mol. The predicted molar refractivity (Wildman–Crippen MR) is 106 cm³/mol. The van der Waals surface area contributed by atoms with Crippen LogP contribution in [0.2, 0.25) is 0 Å². The van der Waals surface area contributed by atoms with Gasteiger partial charge in [-0.3, -0.25) is 0 Å². The Bertz CT molecular complexity index is 759. The van der Waals surface area contributed by atoms with Gasteiger partial charge in [0.15, 0.2) is 0 Å². The normalized spacial score (nSPS) is 18.3. The zero-order valence-corrected chi connectivity index (χ0v) is 16.6. The lowest BCUT2D eigenvalue weighted by Crippen LogP contribution is -2.35. The first kappa shape index (κ1) is 18.2. The average molecular weight is 371 g/mol. The number of piperidine rings is 1. The monoisotopic (exact) mass is 370 g/mol. The van der Waals surface area contributed by atoms with Gasteiger partial charge in [0.25, 0.3) is 0 Å². The van der Waals surface area contributed by atoms with E-state index >= 15 is 0 Å². The van der Waals surface area contributed by atoms with Crippen molar-refractivity contribution in [3.63, 3.8) is 0 Å². The highest BCUT2D eigenvalue weighted by molar-refractivity contribution is 5.41. The van der Waals surface area contributed by atoms with Crippen molar-refractivity contribution in [3.8, 4) is 0 Å². The van der Waals surface area contributed by atoms with Gasteiger partial charge in [0.1, 0.15) is 17.5 Å². The molecular formula is C19H30N8. The van der Waals surface area contributed by atoms with Gasteiger partial charge in [-0.15, -0.1) is 10.2 Å². The van der Waals surface area contributed by atoms with E-state index in [1.807, 2.05) is 12.3 Å². The van der Waals surface area contributed by atoms with Crippen LogP contribution in [-0.2, 0) is 6.54 Å². The number of aromatic nitrogens is 5. The van der Waals surface area contributed by atoms with Gasteiger partial charge in [-0.05, 0) is 52.8 Å². The van der Waals surface area contributed by atoms with E-state index in [9.17, 15) is 0 Å². The average Bonchev–Trinajstić information content (AvgIpc) is 3.43. The van der Waals surface area contributed by atoms with E-state index in [-0.39, 0.29) is 0 Å². The van der Waals surface area contributed by atoms with Crippen molar-refractivity contribution < 1.29 is 0 Å². The van der Waals surface area contributed by atoms with Gasteiger partial charge in [-0.2, -0.15) is 4.98 Å². The Labute approximate surface area is 161 Å². The molecule has 0 unspecified atom stereocenters. The molecule has 0 aromatic carbocycles. The SMILES string of the molecule is CCNc1ccnc(N2CCC(c3nnc(CN(C)C)n3C3CC3)CC2)n1. The molecule has 2 fully saturated rings. The van der Waals surface area contributed by atoms with Gasteiger partial charge in [0.05, 0.1) is 6.54 Å². The van der Waals surface area contributed by atoms with Crippen molar-refractivity contribution in [3.05, 3.63) is 23.9 Å². The highest BCUT2D eigenvalue weighted by Crippen LogP contribution is 2.40. The molecule has 1 aliphatic carbocycles. The molecule has 1 saturated heterocycles. The summed E-state index contributed by atoms with van der Waals surface area (Å²) in [5, 5.41) is 12.4. The largest absolute Gasteiger partial charge is 0.370 e. The highest BCUT2D eigenvalue weighted by Gasteiger charge is 2.33. The summed E-state index contributed by atoms with van der Waals surface area (Å²) in [5.41, 5.74) is 0. The molecule has 2 aromatic rings. The first-order valence-electron chi connectivity index (χ1n) is 10.1. The van der Waals surface area contributed by atoms with Crippen molar-refractivity contribution in [2.24, 2.45) is 0 Å². The van der Waals surface area contributed by atoms with Gasteiger partial charge in [0, 0.05) is 37.8 Å². The summed E-state index contributed by atoms with van der Waals surface area (Å²) >= 11 is 0. The third kappa shape index (κ3) is 4.05. The molecule has 1 N–H and O–H groups in total. The van der Waals surface area contributed by atoms with Crippen LogP contribution in [0.3, 0.4) is 0 Å². The predicted octanol–water partition coefficient (Wildman–Crippen LogP) is 2.28. The fourth-order valence-electron chi connectivity index (χ4n) is 3.86. The minimum atomic E-state index is 0.474. The Morgan fingerprint density at radius 1 is 1.15 bits per heavy atom. The van der Waals surface area contributed by atoms with Crippen LogP contribution in [0.4, 0.5) is 11.8 Å². The third-order valence-corrected chi connectivity index (χ3v) is 5.31. The van der Waals surface area contributed by atoms with Crippen LogP contribution >= 0.6 is 0 Å². The number of anilines is 2. The summed E-state index contributed by atoms with van der Waals surface area (Å²) < 4.78 is 2.43. The second kappa shape index (κ2) is 7.80. The first-order chi connectivity index (χ1) is 13.2. The smallest absolute Gasteiger partial charge is 0.227 e. The van der Waals surface area contributed by atoms with Gasteiger partial charge < -0.3 is 19.7 Å². The maximum Gasteiger partial charge on any atom is 0.227 e. The first-order valence-corrected chi connectivity index (χ1v) is 10.1. The zero-order chi connectivity index (χ0) is 18.8. The number of rotatable bonds is 7. The topological polar surface area (TPSA) is 75.0 Å². The summed E-state index contributed by atoms with van der Waals surface area (Å²) in [6.07, 6.45) is 6.50. The fourth-order valence-corrected chi connectivity index (χ4v) is 3.86. The molecule has 0 bridgehead atoms. The second-order valence-corrected chi connectivity index (χ2v) is 7.85. The van der Waals surface area contributed by atoms with Crippen LogP contribution in [0.15, 0.2) is 12.3 Å². The van der Waals surface area contributed by atoms with Crippen LogP contribution in [-0.4, -0.2) is 63.4 Å². The minimum absolute atomic E-state index is 0.474. The lowest BCUT2D eigenvalue weighted by molar-refractivity contribution is 0.376. The van der Waals surface area contributed by atoms with E-state index in [0.29, 0.717) is 12.0 Å². The van der Waals surface area contributed by atoms with Crippen molar-refractivity contribution in [1.29, 1.82) is 0 Å². The van der Waals surface area contributed by atoms with Gasteiger partial charge in [-0.25, -0.2) is 4.98 Å².